The first-order chi connectivity index (χ1) is 10.4. The van der Waals surface area contributed by atoms with E-state index in [4.69, 9.17) is 9.47 Å². The maximum atomic E-state index is 5.38. The van der Waals surface area contributed by atoms with Gasteiger partial charge in [-0.05, 0) is 30.2 Å². The minimum atomic E-state index is 0.276. The lowest BCUT2D eigenvalue weighted by Gasteiger charge is -2.07. The highest BCUT2D eigenvalue weighted by atomic mass is 16.7. The summed E-state index contributed by atoms with van der Waals surface area (Å²) in [6.45, 7) is 1.14. The monoisotopic (exact) mass is 282 g/mol. The Bertz CT molecular complexity index is 704. The Morgan fingerprint density at radius 2 is 1.86 bits per heavy atom. The summed E-state index contributed by atoms with van der Waals surface area (Å²) in [5.41, 5.74) is 2.44. The minimum absolute atomic E-state index is 0.276. The van der Waals surface area contributed by atoms with Gasteiger partial charge in [0.25, 0.3) is 0 Å². The van der Waals surface area contributed by atoms with Crippen molar-refractivity contribution >= 4 is 10.9 Å². The lowest BCUT2D eigenvalue weighted by molar-refractivity contribution is 0.0511. The normalized spacial score (nSPS) is 10.9. The smallest absolute Gasteiger partial charge is 0.188 e. The van der Waals surface area contributed by atoms with E-state index >= 15 is 0 Å². The second-order valence-electron chi connectivity index (χ2n) is 4.87. The molecular formula is C17H18N2O2. The van der Waals surface area contributed by atoms with E-state index in [2.05, 4.69) is 29.4 Å². The lowest BCUT2D eigenvalue weighted by atomic mass is 10.1. The van der Waals surface area contributed by atoms with Gasteiger partial charge in [-0.15, -0.1) is 0 Å². The molecule has 0 amide bonds. The molecule has 0 bridgehead atoms. The summed E-state index contributed by atoms with van der Waals surface area (Å²) in [5, 5.41) is 5.63. The van der Waals surface area contributed by atoms with Crippen molar-refractivity contribution in [2.45, 2.75) is 13.0 Å². The van der Waals surface area contributed by atoms with Gasteiger partial charge in [0.1, 0.15) is 5.75 Å². The molecule has 108 valence electrons. The molecular weight excluding hydrogens is 264 g/mol. The van der Waals surface area contributed by atoms with Crippen molar-refractivity contribution in [1.29, 1.82) is 0 Å². The fourth-order valence-corrected chi connectivity index (χ4v) is 2.32. The predicted octanol–water partition coefficient (Wildman–Crippen LogP) is 3.26. The van der Waals surface area contributed by atoms with Crippen LogP contribution in [0.25, 0.3) is 10.9 Å². The van der Waals surface area contributed by atoms with Gasteiger partial charge in [-0.1, -0.05) is 30.3 Å². The largest absolute Gasteiger partial charge is 0.468 e. The second kappa shape index (κ2) is 6.41. The minimum Gasteiger partial charge on any atom is -0.468 e. The molecule has 4 nitrogen and oxygen atoms in total. The third-order valence-electron chi connectivity index (χ3n) is 3.43. The Labute approximate surface area is 123 Å². The van der Waals surface area contributed by atoms with Crippen molar-refractivity contribution in [1.82, 2.24) is 9.78 Å². The summed E-state index contributed by atoms with van der Waals surface area (Å²) in [4.78, 5) is 0. The molecule has 0 N–H and O–H groups in total. The Hall–Kier alpha value is -2.33. The van der Waals surface area contributed by atoms with Crippen molar-refractivity contribution in [3.63, 3.8) is 0 Å². The van der Waals surface area contributed by atoms with Crippen molar-refractivity contribution in [2.24, 2.45) is 0 Å². The van der Waals surface area contributed by atoms with Gasteiger partial charge >= 0.3 is 0 Å². The Balaban J connectivity index is 1.64. The molecule has 3 rings (SSSR count). The van der Waals surface area contributed by atoms with E-state index in [0.717, 1.165) is 18.7 Å². The standard InChI is InChI=1S/C17H18N2O2/c1-20-13-21-16-8-6-14(7-9-16)10-11-19-17-5-3-2-4-15(17)12-18-19/h2-9,12H,10-11,13H2,1H3. The number of nitrogens with zero attached hydrogens (tertiary/aromatic N) is 2. The number of aryl methyl sites for hydroxylation is 2. The zero-order chi connectivity index (χ0) is 14.5. The van der Waals surface area contributed by atoms with Gasteiger partial charge in [-0.3, -0.25) is 4.68 Å². The zero-order valence-electron chi connectivity index (χ0n) is 12.0. The molecule has 0 atom stereocenters. The molecule has 3 aromatic rings. The van der Waals surface area contributed by atoms with Crippen LogP contribution in [0.15, 0.2) is 54.7 Å². The quantitative estimate of drug-likeness (QED) is 0.651. The Kier molecular flexibility index (Phi) is 4.17. The van der Waals surface area contributed by atoms with Crippen molar-refractivity contribution in [3.05, 3.63) is 60.3 Å². The zero-order valence-corrected chi connectivity index (χ0v) is 12.0. The van der Waals surface area contributed by atoms with E-state index in [-0.39, 0.29) is 6.79 Å². The van der Waals surface area contributed by atoms with Crippen LogP contribution in [0.5, 0.6) is 5.75 Å². The number of hydrogen-bond donors (Lipinski definition) is 0. The summed E-state index contributed by atoms with van der Waals surface area (Å²) in [7, 11) is 1.61. The van der Waals surface area contributed by atoms with Crippen LogP contribution in [-0.2, 0) is 17.7 Å². The maximum Gasteiger partial charge on any atom is 0.188 e. The maximum absolute atomic E-state index is 5.38. The highest BCUT2D eigenvalue weighted by Crippen LogP contribution is 2.15. The van der Waals surface area contributed by atoms with Crippen molar-refractivity contribution < 1.29 is 9.47 Å². The topological polar surface area (TPSA) is 36.3 Å². The molecule has 0 saturated carbocycles. The van der Waals surface area contributed by atoms with E-state index in [1.165, 1.54) is 16.5 Å². The summed E-state index contributed by atoms with van der Waals surface area (Å²) in [6.07, 6.45) is 2.85. The van der Waals surface area contributed by atoms with Crippen LogP contribution in [0.3, 0.4) is 0 Å². The third kappa shape index (κ3) is 3.23. The SMILES string of the molecule is COCOc1ccc(CCn2ncc3ccccc32)cc1. The van der Waals surface area contributed by atoms with E-state index in [0.29, 0.717) is 0 Å². The van der Waals surface area contributed by atoms with E-state index < -0.39 is 0 Å². The fraction of sp³-hybridized carbons (Fsp3) is 0.235. The lowest BCUT2D eigenvalue weighted by Crippen LogP contribution is -2.03. The number of rotatable bonds is 6. The molecule has 0 saturated heterocycles. The van der Waals surface area contributed by atoms with Crippen LogP contribution in [0.1, 0.15) is 5.56 Å². The van der Waals surface area contributed by atoms with Crippen LogP contribution < -0.4 is 4.74 Å². The molecule has 0 aliphatic rings. The molecule has 1 aromatic heterocycles. The number of aromatic nitrogens is 2. The molecule has 0 unspecified atom stereocenters. The van der Waals surface area contributed by atoms with Gasteiger partial charge < -0.3 is 9.47 Å². The number of hydrogen-bond acceptors (Lipinski definition) is 3. The number of para-hydroxylation sites is 1. The van der Waals surface area contributed by atoms with Crippen LogP contribution in [-0.4, -0.2) is 23.7 Å². The second-order valence-corrected chi connectivity index (χ2v) is 4.87. The van der Waals surface area contributed by atoms with Crippen LogP contribution in [0.2, 0.25) is 0 Å². The van der Waals surface area contributed by atoms with Gasteiger partial charge in [-0.25, -0.2) is 0 Å². The van der Waals surface area contributed by atoms with Crippen molar-refractivity contribution in [3.8, 4) is 5.75 Å². The molecule has 0 fully saturated rings. The first-order valence-electron chi connectivity index (χ1n) is 6.98. The highest BCUT2D eigenvalue weighted by molar-refractivity contribution is 5.78. The molecule has 0 spiro atoms. The van der Waals surface area contributed by atoms with Crippen LogP contribution in [0.4, 0.5) is 0 Å². The van der Waals surface area contributed by atoms with Gasteiger partial charge in [0.05, 0.1) is 11.7 Å². The third-order valence-corrected chi connectivity index (χ3v) is 3.43. The molecule has 0 aliphatic carbocycles. The van der Waals surface area contributed by atoms with E-state index in [1.54, 1.807) is 7.11 Å². The Morgan fingerprint density at radius 1 is 1.05 bits per heavy atom. The number of fused-ring (bicyclic) bond motifs is 1. The molecule has 2 aromatic carbocycles. The predicted molar refractivity (Wildman–Crippen MR) is 82.4 cm³/mol. The van der Waals surface area contributed by atoms with Crippen molar-refractivity contribution in [2.75, 3.05) is 13.9 Å². The molecule has 1 heterocycles. The van der Waals surface area contributed by atoms with E-state index in [9.17, 15) is 0 Å². The van der Waals surface area contributed by atoms with Crippen LogP contribution in [0, 0.1) is 0 Å². The number of ether oxygens (including phenoxy) is 2. The van der Waals surface area contributed by atoms with Crippen LogP contribution >= 0.6 is 0 Å². The molecule has 0 radical (unpaired) electrons. The van der Waals surface area contributed by atoms with Gasteiger partial charge in [-0.2, -0.15) is 5.10 Å². The molecule has 0 aliphatic heterocycles. The number of methoxy groups -OCH3 is 1. The first kappa shape index (κ1) is 13.6. The molecule has 21 heavy (non-hydrogen) atoms. The fourth-order valence-electron chi connectivity index (χ4n) is 2.32. The Morgan fingerprint density at radius 3 is 2.67 bits per heavy atom. The average Bonchev–Trinajstić information content (AvgIpc) is 2.95. The van der Waals surface area contributed by atoms with Gasteiger partial charge in [0.2, 0.25) is 0 Å². The summed E-state index contributed by atoms with van der Waals surface area (Å²) < 4.78 is 12.3. The van der Waals surface area contributed by atoms with Gasteiger partial charge in [0.15, 0.2) is 6.79 Å². The van der Waals surface area contributed by atoms with Gasteiger partial charge in [0, 0.05) is 19.0 Å². The summed E-state index contributed by atoms with van der Waals surface area (Å²) in [6, 6.07) is 16.4. The van der Waals surface area contributed by atoms with E-state index in [1.807, 2.05) is 35.1 Å². The average molecular weight is 282 g/mol. The first-order valence-corrected chi connectivity index (χ1v) is 6.98. The summed E-state index contributed by atoms with van der Waals surface area (Å²) in [5.74, 6) is 0.824. The molecule has 4 heteroatoms. The number of benzene rings is 2. The summed E-state index contributed by atoms with van der Waals surface area (Å²) >= 11 is 0. The highest BCUT2D eigenvalue weighted by Gasteiger charge is 2.02.